The van der Waals surface area contributed by atoms with E-state index in [-0.39, 0.29) is 0 Å². The van der Waals surface area contributed by atoms with Crippen molar-refractivity contribution in [1.29, 1.82) is 0 Å². The average Bonchev–Trinajstić information content (AvgIpc) is 2.75. The summed E-state index contributed by atoms with van der Waals surface area (Å²) in [5, 5.41) is 9.49. The number of amides is 1. The molecular formula is C11H8N4O. The van der Waals surface area contributed by atoms with Gasteiger partial charge in [0, 0.05) is 11.6 Å². The number of rotatable bonds is 1. The van der Waals surface area contributed by atoms with Crippen LogP contribution in [0.15, 0.2) is 36.8 Å². The molecule has 1 aromatic carbocycles. The average molecular weight is 212 g/mol. The first-order valence-electron chi connectivity index (χ1n) is 4.78. The molecule has 2 N–H and O–H groups in total. The fourth-order valence-electron chi connectivity index (χ4n) is 1.85. The summed E-state index contributed by atoms with van der Waals surface area (Å²) in [5.41, 5.74) is 6.54. The molecule has 0 atom stereocenters. The van der Waals surface area contributed by atoms with Crippen LogP contribution in [0.25, 0.3) is 16.4 Å². The summed E-state index contributed by atoms with van der Waals surface area (Å²) in [6, 6.07) is 7.50. The van der Waals surface area contributed by atoms with Crippen molar-refractivity contribution in [2.24, 2.45) is 5.73 Å². The monoisotopic (exact) mass is 212 g/mol. The van der Waals surface area contributed by atoms with Crippen LogP contribution < -0.4 is 5.73 Å². The van der Waals surface area contributed by atoms with E-state index in [0.29, 0.717) is 5.56 Å². The van der Waals surface area contributed by atoms with Gasteiger partial charge >= 0.3 is 0 Å². The molecule has 0 aliphatic carbocycles. The van der Waals surface area contributed by atoms with Crippen LogP contribution in [0, 0.1) is 0 Å². The third kappa shape index (κ3) is 1.08. The van der Waals surface area contributed by atoms with Crippen molar-refractivity contribution in [3.63, 3.8) is 0 Å². The Morgan fingerprint density at radius 3 is 2.75 bits per heavy atom. The topological polar surface area (TPSA) is 73.3 Å². The second-order valence-corrected chi connectivity index (χ2v) is 3.51. The predicted molar refractivity (Wildman–Crippen MR) is 59.0 cm³/mol. The Bertz CT molecular complexity index is 701. The van der Waals surface area contributed by atoms with Gasteiger partial charge in [0.25, 0.3) is 5.91 Å². The summed E-state index contributed by atoms with van der Waals surface area (Å²) >= 11 is 0. The van der Waals surface area contributed by atoms with Gasteiger partial charge in [0.15, 0.2) is 5.65 Å². The molecule has 1 amide bonds. The number of benzene rings is 1. The van der Waals surface area contributed by atoms with Gasteiger partial charge in [-0.1, -0.05) is 24.3 Å². The van der Waals surface area contributed by atoms with Gasteiger partial charge in [0.05, 0.1) is 5.56 Å². The molecule has 0 saturated carbocycles. The zero-order chi connectivity index (χ0) is 11.1. The SMILES string of the molecule is NC(=O)c1cn2cnnc2c2ccccc12. The van der Waals surface area contributed by atoms with Gasteiger partial charge in [-0.2, -0.15) is 0 Å². The van der Waals surface area contributed by atoms with Gasteiger partial charge in [-0.25, -0.2) is 0 Å². The highest BCUT2D eigenvalue weighted by atomic mass is 16.1. The van der Waals surface area contributed by atoms with Crippen molar-refractivity contribution in [2.75, 3.05) is 0 Å². The van der Waals surface area contributed by atoms with Crippen LogP contribution in [0.3, 0.4) is 0 Å². The van der Waals surface area contributed by atoms with Gasteiger partial charge in [-0.15, -0.1) is 10.2 Å². The lowest BCUT2D eigenvalue weighted by Crippen LogP contribution is -2.12. The normalized spacial score (nSPS) is 11.0. The van der Waals surface area contributed by atoms with E-state index >= 15 is 0 Å². The molecule has 0 saturated heterocycles. The molecule has 0 radical (unpaired) electrons. The molecule has 2 heterocycles. The van der Waals surface area contributed by atoms with Crippen LogP contribution in [0.5, 0.6) is 0 Å². The fraction of sp³-hybridized carbons (Fsp3) is 0. The Labute approximate surface area is 90.5 Å². The fourth-order valence-corrected chi connectivity index (χ4v) is 1.85. The van der Waals surface area contributed by atoms with E-state index in [4.69, 9.17) is 5.73 Å². The molecule has 0 unspecified atom stereocenters. The largest absolute Gasteiger partial charge is 0.366 e. The summed E-state index contributed by atoms with van der Waals surface area (Å²) in [6.07, 6.45) is 3.20. The van der Waals surface area contributed by atoms with Crippen molar-refractivity contribution in [3.05, 3.63) is 42.4 Å². The van der Waals surface area contributed by atoms with Crippen molar-refractivity contribution in [2.45, 2.75) is 0 Å². The molecule has 3 rings (SSSR count). The summed E-state index contributed by atoms with van der Waals surface area (Å²) in [4.78, 5) is 11.3. The van der Waals surface area contributed by atoms with Crippen molar-refractivity contribution in [1.82, 2.24) is 14.6 Å². The number of primary amides is 1. The van der Waals surface area contributed by atoms with E-state index in [2.05, 4.69) is 10.2 Å². The van der Waals surface area contributed by atoms with Crippen molar-refractivity contribution < 1.29 is 4.79 Å². The Morgan fingerprint density at radius 1 is 1.25 bits per heavy atom. The van der Waals surface area contributed by atoms with Crippen LogP contribution in [0.2, 0.25) is 0 Å². The van der Waals surface area contributed by atoms with E-state index in [1.54, 1.807) is 16.9 Å². The summed E-state index contributed by atoms with van der Waals surface area (Å²) in [5.74, 6) is -0.452. The molecule has 0 aliphatic rings. The Morgan fingerprint density at radius 2 is 2.00 bits per heavy atom. The lowest BCUT2D eigenvalue weighted by Gasteiger charge is -2.04. The zero-order valence-corrected chi connectivity index (χ0v) is 8.29. The quantitative estimate of drug-likeness (QED) is 0.653. The number of hydrogen-bond acceptors (Lipinski definition) is 3. The Balaban J connectivity index is 2.60. The summed E-state index contributed by atoms with van der Waals surface area (Å²) < 4.78 is 1.70. The molecule has 0 bridgehead atoms. The van der Waals surface area contributed by atoms with Gasteiger partial charge in [0.2, 0.25) is 0 Å². The zero-order valence-electron chi connectivity index (χ0n) is 8.29. The molecule has 5 heteroatoms. The lowest BCUT2D eigenvalue weighted by atomic mass is 10.1. The van der Waals surface area contributed by atoms with Crippen molar-refractivity contribution in [3.8, 4) is 0 Å². The molecule has 16 heavy (non-hydrogen) atoms. The number of aromatic nitrogens is 3. The van der Waals surface area contributed by atoms with E-state index in [1.165, 1.54) is 0 Å². The molecule has 5 nitrogen and oxygen atoms in total. The molecule has 3 aromatic rings. The van der Waals surface area contributed by atoms with E-state index < -0.39 is 5.91 Å². The number of carbonyl (C=O) groups is 1. The van der Waals surface area contributed by atoms with Gasteiger partial charge < -0.3 is 5.73 Å². The maximum Gasteiger partial charge on any atom is 0.250 e. The standard InChI is InChI=1S/C11H8N4O/c12-10(16)9-5-15-6-13-14-11(15)8-4-2-1-3-7(8)9/h1-6H,(H2,12,16). The van der Waals surface area contributed by atoms with Crippen LogP contribution in [-0.2, 0) is 0 Å². The minimum Gasteiger partial charge on any atom is -0.366 e. The summed E-state index contributed by atoms with van der Waals surface area (Å²) in [7, 11) is 0. The van der Waals surface area contributed by atoms with Crippen LogP contribution in [-0.4, -0.2) is 20.5 Å². The highest BCUT2D eigenvalue weighted by Gasteiger charge is 2.10. The minimum absolute atomic E-state index is 0.452. The number of carbonyl (C=O) groups excluding carboxylic acids is 1. The number of pyridine rings is 1. The van der Waals surface area contributed by atoms with Gasteiger partial charge in [-0.05, 0) is 5.39 Å². The Hall–Kier alpha value is -2.43. The third-order valence-electron chi connectivity index (χ3n) is 2.56. The molecular weight excluding hydrogens is 204 g/mol. The highest BCUT2D eigenvalue weighted by molar-refractivity contribution is 6.09. The molecule has 0 aliphatic heterocycles. The number of nitrogens with zero attached hydrogens (tertiary/aromatic N) is 3. The number of nitrogens with two attached hydrogens (primary N) is 1. The van der Waals surface area contributed by atoms with E-state index in [9.17, 15) is 4.79 Å². The van der Waals surface area contributed by atoms with E-state index in [1.807, 2.05) is 24.3 Å². The van der Waals surface area contributed by atoms with Crippen LogP contribution in [0.4, 0.5) is 0 Å². The van der Waals surface area contributed by atoms with Crippen molar-refractivity contribution >= 4 is 22.3 Å². The van der Waals surface area contributed by atoms with Crippen LogP contribution >= 0.6 is 0 Å². The number of fused-ring (bicyclic) bond motifs is 3. The highest BCUT2D eigenvalue weighted by Crippen LogP contribution is 2.21. The smallest absolute Gasteiger partial charge is 0.250 e. The molecule has 0 fully saturated rings. The predicted octanol–water partition coefficient (Wildman–Crippen LogP) is 0.981. The van der Waals surface area contributed by atoms with Crippen LogP contribution in [0.1, 0.15) is 10.4 Å². The summed E-state index contributed by atoms with van der Waals surface area (Å²) in [6.45, 7) is 0. The number of hydrogen-bond donors (Lipinski definition) is 1. The molecule has 0 spiro atoms. The second-order valence-electron chi connectivity index (χ2n) is 3.51. The van der Waals surface area contributed by atoms with E-state index in [0.717, 1.165) is 16.4 Å². The first-order chi connectivity index (χ1) is 7.77. The lowest BCUT2D eigenvalue weighted by molar-refractivity contribution is 0.100. The van der Waals surface area contributed by atoms with Gasteiger partial charge in [-0.3, -0.25) is 9.20 Å². The molecule has 78 valence electrons. The third-order valence-corrected chi connectivity index (χ3v) is 2.56. The first-order valence-corrected chi connectivity index (χ1v) is 4.78. The maximum absolute atomic E-state index is 11.3. The molecule has 2 aromatic heterocycles. The first kappa shape index (κ1) is 8.84. The minimum atomic E-state index is -0.452. The maximum atomic E-state index is 11.3. The Kier molecular flexibility index (Phi) is 1.67. The van der Waals surface area contributed by atoms with Gasteiger partial charge in [0.1, 0.15) is 6.33 Å². The second kappa shape index (κ2) is 3.03.